The molecule has 5 atom stereocenters. The van der Waals surface area contributed by atoms with E-state index >= 15 is 0 Å². The molecule has 9 nitrogen and oxygen atoms in total. The van der Waals surface area contributed by atoms with Crippen molar-refractivity contribution in [1.29, 1.82) is 0 Å². The molecule has 0 amide bonds. The fourth-order valence-electron chi connectivity index (χ4n) is 2.86. The van der Waals surface area contributed by atoms with Crippen LogP contribution in [0.4, 0.5) is 4.39 Å². The number of aromatic amines is 1. The Morgan fingerprint density at radius 2 is 2.04 bits per heavy atom. The first-order valence-corrected chi connectivity index (χ1v) is 9.32. The molecule has 2 N–H and O–H groups in total. The van der Waals surface area contributed by atoms with Gasteiger partial charge in [0.25, 0.3) is 15.7 Å². The summed E-state index contributed by atoms with van der Waals surface area (Å²) < 4.78 is 58.1. The predicted molar refractivity (Wildman–Crippen MR) is 85.7 cm³/mol. The predicted octanol–water partition coefficient (Wildman–Crippen LogP) is 0.0896. The van der Waals surface area contributed by atoms with Crippen LogP contribution in [0.5, 0.6) is 0 Å². The summed E-state index contributed by atoms with van der Waals surface area (Å²) in [5.74, 6) is -1.43. The van der Waals surface area contributed by atoms with Crippen molar-refractivity contribution in [3.8, 4) is 0 Å². The number of halogens is 1. The van der Waals surface area contributed by atoms with E-state index in [2.05, 4.69) is 0 Å². The highest BCUT2D eigenvalue weighted by atomic mass is 32.2. The Labute approximate surface area is 143 Å². The van der Waals surface area contributed by atoms with Crippen LogP contribution in [0.2, 0.25) is 0 Å². The van der Waals surface area contributed by atoms with Crippen LogP contribution in [0.25, 0.3) is 0 Å². The molecule has 0 saturated carbocycles. The van der Waals surface area contributed by atoms with Gasteiger partial charge in [-0.1, -0.05) is 6.92 Å². The van der Waals surface area contributed by atoms with Gasteiger partial charge in [-0.05, 0) is 13.8 Å². The van der Waals surface area contributed by atoms with Crippen LogP contribution < -0.4 is 11.2 Å². The third-order valence-corrected chi connectivity index (χ3v) is 4.74. The van der Waals surface area contributed by atoms with E-state index in [0.29, 0.717) is 0 Å². The van der Waals surface area contributed by atoms with Crippen molar-refractivity contribution in [2.24, 2.45) is 5.92 Å². The fraction of sp³-hybridized carbons (Fsp3) is 0.714. The Bertz CT molecular complexity index is 819. The van der Waals surface area contributed by atoms with Crippen LogP contribution >= 0.6 is 0 Å². The maximum absolute atomic E-state index is 14.9. The number of hydrogen-bond acceptors (Lipinski definition) is 6. The molecule has 1 aromatic heterocycles. The summed E-state index contributed by atoms with van der Waals surface area (Å²) >= 11 is 0. The first-order valence-electron chi connectivity index (χ1n) is 7.71. The van der Waals surface area contributed by atoms with E-state index in [1.54, 1.807) is 13.8 Å². The lowest BCUT2D eigenvalue weighted by atomic mass is 10.0. The van der Waals surface area contributed by atoms with Gasteiger partial charge in [-0.25, -0.2) is 9.18 Å². The quantitative estimate of drug-likeness (QED) is 0.669. The third kappa shape index (κ3) is 4.75. The lowest BCUT2D eigenvalue weighted by Crippen LogP contribution is -2.40. The van der Waals surface area contributed by atoms with Gasteiger partial charge in [0.05, 0.1) is 18.0 Å². The molecule has 0 aliphatic carbocycles. The summed E-state index contributed by atoms with van der Waals surface area (Å²) in [5, 5.41) is 0. The number of aromatic nitrogens is 2. The van der Waals surface area contributed by atoms with Crippen LogP contribution in [0, 0.1) is 5.92 Å². The molecule has 2 heterocycles. The van der Waals surface area contributed by atoms with Crippen molar-refractivity contribution in [3.63, 3.8) is 0 Å². The Morgan fingerprint density at radius 3 is 2.56 bits per heavy atom. The topological polar surface area (TPSA) is 128 Å². The Morgan fingerprint density at radius 1 is 1.40 bits per heavy atom. The zero-order valence-corrected chi connectivity index (χ0v) is 14.8. The van der Waals surface area contributed by atoms with Crippen LogP contribution in [0.1, 0.15) is 27.0 Å². The van der Waals surface area contributed by atoms with Crippen molar-refractivity contribution in [1.82, 2.24) is 9.55 Å². The van der Waals surface area contributed by atoms with E-state index in [1.807, 2.05) is 4.98 Å². The maximum atomic E-state index is 14.9. The molecular weight excluding hydrogens is 359 g/mol. The van der Waals surface area contributed by atoms with E-state index in [-0.39, 0.29) is 6.10 Å². The van der Waals surface area contributed by atoms with Gasteiger partial charge in [-0.2, -0.15) is 8.42 Å². The van der Waals surface area contributed by atoms with Gasteiger partial charge in [0.2, 0.25) is 0 Å². The van der Waals surface area contributed by atoms with Gasteiger partial charge in [-0.15, -0.1) is 0 Å². The van der Waals surface area contributed by atoms with Crippen LogP contribution in [-0.2, 0) is 19.6 Å². The van der Waals surface area contributed by atoms with Gasteiger partial charge in [0.1, 0.15) is 6.10 Å². The molecule has 1 unspecified atom stereocenters. The largest absolute Gasteiger partial charge is 0.370 e. The Balaban J connectivity index is 2.35. The van der Waals surface area contributed by atoms with E-state index in [9.17, 15) is 22.4 Å². The molecule has 25 heavy (non-hydrogen) atoms. The molecule has 1 fully saturated rings. The average molecular weight is 380 g/mol. The fourth-order valence-corrected chi connectivity index (χ4v) is 3.71. The van der Waals surface area contributed by atoms with Gasteiger partial charge in [0.15, 0.2) is 12.4 Å². The second-order valence-electron chi connectivity index (χ2n) is 6.33. The number of H-pyrrole nitrogens is 1. The maximum Gasteiger partial charge on any atom is 0.330 e. The molecule has 11 heteroatoms. The number of alkyl halides is 1. The lowest BCUT2D eigenvalue weighted by Gasteiger charge is -2.25. The van der Waals surface area contributed by atoms with Crippen molar-refractivity contribution < 1.29 is 26.8 Å². The van der Waals surface area contributed by atoms with Crippen molar-refractivity contribution in [2.45, 2.75) is 51.5 Å². The molecule has 142 valence electrons. The summed E-state index contributed by atoms with van der Waals surface area (Å²) in [6.07, 6.45) is -4.59. The first kappa shape index (κ1) is 19.8. The number of nitrogens with zero attached hydrogens (tertiary/aromatic N) is 1. The molecule has 2 rings (SSSR count). The summed E-state index contributed by atoms with van der Waals surface area (Å²) in [6, 6.07) is 1.05. The minimum Gasteiger partial charge on any atom is -0.370 e. The number of ether oxygens (including phenoxy) is 2. The standard InChI is InChI=1S/C14H21FN2O7S/c1-7(2)23-12-10(15)13(17-5-4-9(18)16-14(17)19)24-11(12)8(3)6-25(20,21)22/h4-5,7-8,10-13H,6H2,1-3H3,(H,16,18,19)(H,20,21,22)/t8?,10-,11-,12+,13-/m1/s1. The molecule has 0 spiro atoms. The SMILES string of the molecule is CC(C)O[C@H]1[C@@H](F)[C@H](n2ccc(=O)[nH]c2=O)O[C@@H]1C(C)CS(=O)(=O)O. The summed E-state index contributed by atoms with van der Waals surface area (Å²) in [7, 11) is -4.30. The van der Waals surface area contributed by atoms with Crippen molar-refractivity contribution in [3.05, 3.63) is 33.1 Å². The van der Waals surface area contributed by atoms with Crippen molar-refractivity contribution >= 4 is 10.1 Å². The van der Waals surface area contributed by atoms with E-state index in [4.69, 9.17) is 14.0 Å². The van der Waals surface area contributed by atoms with Gasteiger partial charge in [0, 0.05) is 18.2 Å². The second-order valence-corrected chi connectivity index (χ2v) is 7.83. The van der Waals surface area contributed by atoms with Crippen LogP contribution in [0.3, 0.4) is 0 Å². The third-order valence-electron chi connectivity index (χ3n) is 3.80. The summed E-state index contributed by atoms with van der Waals surface area (Å²) in [6.45, 7) is 4.83. The smallest absolute Gasteiger partial charge is 0.330 e. The zero-order chi connectivity index (χ0) is 18.9. The Kier molecular flexibility index (Phi) is 5.82. The average Bonchev–Trinajstić information content (AvgIpc) is 2.74. The highest BCUT2D eigenvalue weighted by molar-refractivity contribution is 7.85. The molecule has 1 aliphatic heterocycles. The molecule has 1 aromatic rings. The van der Waals surface area contributed by atoms with E-state index in [0.717, 1.165) is 16.8 Å². The minimum absolute atomic E-state index is 0.377. The minimum atomic E-state index is -4.30. The van der Waals surface area contributed by atoms with E-state index < -0.39 is 57.6 Å². The second kappa shape index (κ2) is 7.36. The van der Waals surface area contributed by atoms with Gasteiger partial charge < -0.3 is 9.47 Å². The molecule has 0 bridgehead atoms. The molecule has 0 radical (unpaired) electrons. The summed E-state index contributed by atoms with van der Waals surface area (Å²) in [5.41, 5.74) is -1.49. The Hall–Kier alpha value is -1.56. The zero-order valence-electron chi connectivity index (χ0n) is 14.0. The molecule has 1 saturated heterocycles. The molecule has 0 aromatic carbocycles. The normalized spacial score (nSPS) is 28.4. The number of hydrogen-bond donors (Lipinski definition) is 2. The summed E-state index contributed by atoms with van der Waals surface area (Å²) in [4.78, 5) is 25.0. The van der Waals surface area contributed by atoms with E-state index in [1.165, 1.54) is 6.92 Å². The highest BCUT2D eigenvalue weighted by Gasteiger charge is 2.50. The number of nitrogens with one attached hydrogen (secondary N) is 1. The lowest BCUT2D eigenvalue weighted by molar-refractivity contribution is -0.0748. The molecule has 1 aliphatic rings. The highest BCUT2D eigenvalue weighted by Crippen LogP contribution is 2.37. The van der Waals surface area contributed by atoms with Crippen molar-refractivity contribution in [2.75, 3.05) is 5.75 Å². The monoisotopic (exact) mass is 380 g/mol. The van der Waals surface area contributed by atoms with Gasteiger partial charge >= 0.3 is 5.69 Å². The number of rotatable bonds is 6. The van der Waals surface area contributed by atoms with Crippen LogP contribution in [-0.4, -0.2) is 52.8 Å². The molecular formula is C14H21FN2O7S. The van der Waals surface area contributed by atoms with Gasteiger partial charge in [-0.3, -0.25) is 18.9 Å². The van der Waals surface area contributed by atoms with Crippen LogP contribution in [0.15, 0.2) is 21.9 Å². The first-order chi connectivity index (χ1) is 11.5.